The second kappa shape index (κ2) is 3.88. The minimum Gasteiger partial charge on any atom is -0.284 e. The summed E-state index contributed by atoms with van der Waals surface area (Å²) in [5.41, 5.74) is -3.97. The van der Waals surface area contributed by atoms with Crippen LogP contribution in [0.1, 0.15) is 0 Å². The summed E-state index contributed by atoms with van der Waals surface area (Å²) in [5.74, 6) is -6.87. The van der Waals surface area contributed by atoms with E-state index in [1.54, 1.807) is 0 Å². The summed E-state index contributed by atoms with van der Waals surface area (Å²) in [7, 11) is -5.52. The van der Waals surface area contributed by atoms with Gasteiger partial charge in [-0.05, 0) is 0 Å². The second-order valence-corrected chi connectivity index (χ2v) is 4.76. The van der Waals surface area contributed by atoms with E-state index in [0.717, 1.165) is 0 Å². The van der Waals surface area contributed by atoms with Gasteiger partial charge in [0.15, 0.2) is 0 Å². The normalized spacial score (nSPS) is 26.9. The van der Waals surface area contributed by atoms with Crippen LogP contribution in [0.4, 0.5) is 39.5 Å². The van der Waals surface area contributed by atoms with Crippen LogP contribution in [0.5, 0.6) is 0 Å². The maximum absolute atomic E-state index is 12.5. The quantitative estimate of drug-likeness (QED) is 0.588. The highest BCUT2D eigenvalue weighted by Gasteiger charge is 2.78. The molecule has 19 heavy (non-hydrogen) atoms. The van der Waals surface area contributed by atoms with Crippen LogP contribution < -0.4 is 0 Å². The molecule has 0 spiro atoms. The Labute approximate surface area is 97.7 Å². The van der Waals surface area contributed by atoms with Crippen LogP contribution in [0.3, 0.4) is 0 Å². The van der Waals surface area contributed by atoms with Crippen molar-refractivity contribution < 1.29 is 56.9 Å². The molecular weight excluding hydrogens is 327 g/mol. The van der Waals surface area contributed by atoms with Gasteiger partial charge in [0.25, 0.3) is 5.44 Å². The summed E-state index contributed by atoms with van der Waals surface area (Å²) in [6.07, 6.45) is -18.3. The van der Waals surface area contributed by atoms with E-state index in [9.17, 15) is 47.9 Å². The fraction of sp³-hybridized carbons (Fsp3) is 1.00. The Hall–Kier alpha value is -0.760. The minimum atomic E-state index is -6.87. The van der Waals surface area contributed by atoms with Crippen molar-refractivity contribution in [1.82, 2.24) is 0 Å². The lowest BCUT2D eigenvalue weighted by atomic mass is 10.3. The maximum atomic E-state index is 12.5. The molecule has 1 heterocycles. The molecule has 0 radical (unpaired) electrons. The molecular formula is C5HF9O4S. The minimum absolute atomic E-state index is 2.43. The van der Waals surface area contributed by atoms with E-state index in [1.807, 2.05) is 0 Å². The number of alkyl halides is 9. The fourth-order valence-electron chi connectivity index (χ4n) is 0.864. The third kappa shape index (κ3) is 2.47. The smallest absolute Gasteiger partial charge is 0.284 e. The van der Waals surface area contributed by atoms with Gasteiger partial charge in [-0.15, -0.1) is 0 Å². The highest BCUT2D eigenvalue weighted by Crippen LogP contribution is 2.51. The number of hydrogen-bond donors (Lipinski definition) is 0. The van der Waals surface area contributed by atoms with Gasteiger partial charge in [0.05, 0.1) is 0 Å². The summed E-state index contributed by atoms with van der Waals surface area (Å²) in [6.45, 7) is 0. The Kier molecular flexibility index (Phi) is 3.33. The molecule has 14 heteroatoms. The van der Waals surface area contributed by atoms with Gasteiger partial charge in [-0.2, -0.15) is 52.1 Å². The molecule has 1 unspecified atom stereocenters. The Morgan fingerprint density at radius 1 is 1.00 bits per heavy atom. The highest BCUT2D eigenvalue weighted by molar-refractivity contribution is 7.88. The standard InChI is InChI=1S/C5HF9O4S/c6-2(7)1(19(15,16)18-2)17-5(13,14)3(8,9)4(10,11)12/h1H. The first kappa shape index (κ1) is 16.3. The maximum Gasteiger partial charge on any atom is 0.462 e. The van der Waals surface area contributed by atoms with E-state index >= 15 is 0 Å². The first-order valence-corrected chi connectivity index (χ1v) is 5.34. The molecule has 0 N–H and O–H groups in total. The van der Waals surface area contributed by atoms with Crippen LogP contribution in [0, 0.1) is 0 Å². The number of ether oxygens (including phenoxy) is 1. The zero-order valence-corrected chi connectivity index (χ0v) is 8.84. The molecule has 0 amide bonds. The van der Waals surface area contributed by atoms with E-state index in [1.165, 1.54) is 0 Å². The van der Waals surface area contributed by atoms with Crippen LogP contribution in [-0.2, 0) is 19.0 Å². The van der Waals surface area contributed by atoms with Crippen molar-refractivity contribution in [2.45, 2.75) is 29.8 Å². The molecule has 1 rings (SSSR count). The van der Waals surface area contributed by atoms with Crippen molar-refractivity contribution in [2.24, 2.45) is 0 Å². The van der Waals surface area contributed by atoms with Crippen molar-refractivity contribution in [3.8, 4) is 0 Å². The highest BCUT2D eigenvalue weighted by atomic mass is 32.2. The van der Waals surface area contributed by atoms with Crippen molar-refractivity contribution in [3.63, 3.8) is 0 Å². The Balaban J connectivity index is 3.05. The van der Waals surface area contributed by atoms with Crippen LogP contribution in [0.15, 0.2) is 0 Å². The predicted octanol–water partition coefficient (Wildman–Crippen LogP) is 2.07. The summed E-state index contributed by atoms with van der Waals surface area (Å²) in [4.78, 5) is 0. The lowest BCUT2D eigenvalue weighted by Crippen LogP contribution is -2.63. The molecule has 1 aliphatic rings. The van der Waals surface area contributed by atoms with Crippen LogP contribution >= 0.6 is 0 Å². The molecule has 0 saturated carbocycles. The van der Waals surface area contributed by atoms with Gasteiger partial charge in [0, 0.05) is 0 Å². The summed E-state index contributed by atoms with van der Waals surface area (Å²) < 4.78 is 135. The first-order chi connectivity index (χ1) is 8.05. The van der Waals surface area contributed by atoms with Crippen molar-refractivity contribution >= 4 is 10.1 Å². The van der Waals surface area contributed by atoms with Crippen molar-refractivity contribution in [3.05, 3.63) is 0 Å². The molecule has 0 aliphatic carbocycles. The van der Waals surface area contributed by atoms with Gasteiger partial charge < -0.3 is 0 Å². The molecule has 0 aromatic carbocycles. The zero-order valence-electron chi connectivity index (χ0n) is 8.02. The van der Waals surface area contributed by atoms with Crippen LogP contribution in [-0.4, -0.2) is 38.2 Å². The van der Waals surface area contributed by atoms with E-state index in [4.69, 9.17) is 0 Å². The van der Waals surface area contributed by atoms with E-state index < -0.39 is 39.9 Å². The molecule has 0 aromatic rings. The molecule has 1 saturated heterocycles. The van der Waals surface area contributed by atoms with E-state index in [0.29, 0.717) is 0 Å². The van der Waals surface area contributed by atoms with Crippen LogP contribution in [0.25, 0.3) is 0 Å². The summed E-state index contributed by atoms with van der Waals surface area (Å²) in [5, 5.41) is 0. The van der Waals surface area contributed by atoms with Gasteiger partial charge in [-0.25, -0.2) is 0 Å². The van der Waals surface area contributed by atoms with Gasteiger partial charge in [0.1, 0.15) is 0 Å². The molecule has 114 valence electrons. The average molecular weight is 328 g/mol. The molecule has 1 aliphatic heterocycles. The van der Waals surface area contributed by atoms with Gasteiger partial charge in [-0.3, -0.25) is 4.74 Å². The van der Waals surface area contributed by atoms with Gasteiger partial charge in [-0.1, -0.05) is 0 Å². The Morgan fingerprint density at radius 2 is 1.42 bits per heavy atom. The average Bonchev–Trinajstić information content (AvgIpc) is 2.10. The summed E-state index contributed by atoms with van der Waals surface area (Å²) >= 11 is 0. The number of rotatable bonds is 3. The lowest BCUT2D eigenvalue weighted by Gasteiger charge is -2.37. The predicted molar refractivity (Wildman–Crippen MR) is 35.8 cm³/mol. The first-order valence-electron chi connectivity index (χ1n) is 3.87. The molecule has 0 aromatic heterocycles. The fourth-order valence-corrected chi connectivity index (χ4v) is 1.83. The third-order valence-corrected chi connectivity index (χ3v) is 3.09. The third-order valence-electron chi connectivity index (χ3n) is 1.74. The van der Waals surface area contributed by atoms with Crippen molar-refractivity contribution in [1.29, 1.82) is 0 Å². The van der Waals surface area contributed by atoms with E-state index in [-0.39, 0.29) is 0 Å². The second-order valence-electron chi connectivity index (χ2n) is 3.18. The molecule has 1 fully saturated rings. The molecule has 1 atom stereocenters. The molecule has 0 bridgehead atoms. The Morgan fingerprint density at radius 3 is 1.68 bits per heavy atom. The van der Waals surface area contributed by atoms with Crippen molar-refractivity contribution in [2.75, 3.05) is 0 Å². The number of hydrogen-bond acceptors (Lipinski definition) is 4. The largest absolute Gasteiger partial charge is 0.462 e. The lowest BCUT2D eigenvalue weighted by molar-refractivity contribution is -0.445. The van der Waals surface area contributed by atoms with Crippen LogP contribution in [0.2, 0.25) is 0 Å². The number of halogens is 9. The Bertz CT molecular complexity index is 465. The summed E-state index contributed by atoms with van der Waals surface area (Å²) in [6, 6.07) is 0. The molecule has 4 nitrogen and oxygen atoms in total. The SMILES string of the molecule is O=S1(=O)OC(F)(F)C1OC(F)(F)C(F)(F)C(F)(F)F. The van der Waals surface area contributed by atoms with E-state index in [2.05, 4.69) is 8.92 Å². The monoisotopic (exact) mass is 328 g/mol. The zero-order chi connectivity index (χ0) is 15.5. The van der Waals surface area contributed by atoms with Gasteiger partial charge in [0.2, 0.25) is 0 Å². The topological polar surface area (TPSA) is 52.6 Å². The van der Waals surface area contributed by atoms with Gasteiger partial charge >= 0.3 is 34.4 Å².